The minimum Gasteiger partial charge on any atom is -0.350 e. The first-order chi connectivity index (χ1) is 16.6. The van der Waals surface area contributed by atoms with Crippen molar-refractivity contribution in [3.05, 3.63) is 104 Å². The molecular weight excluding hydrogens is 462 g/mol. The lowest BCUT2D eigenvalue weighted by Gasteiger charge is -2.22. The van der Waals surface area contributed by atoms with Crippen molar-refractivity contribution in [3.8, 4) is 0 Å². The van der Waals surface area contributed by atoms with Crippen molar-refractivity contribution in [1.82, 2.24) is 14.8 Å². The van der Waals surface area contributed by atoms with Gasteiger partial charge in [-0.15, -0.1) is 0 Å². The van der Waals surface area contributed by atoms with Gasteiger partial charge in [-0.1, -0.05) is 67.9 Å². The standard InChI is InChI=1S/C28H32ClN3O3/c1-18(2)15-31(5)28(35)24-17-32(19(3)4)16-23(26(24)33)27(34)30-25(20-9-7-6-8-10-20)21-11-13-22(29)14-12-21/h6-14,16-19,25H,15H2,1-5H3,(H,30,34)/t25-/m1/s1. The maximum absolute atomic E-state index is 13.5. The first-order valence-electron chi connectivity index (χ1n) is 11.7. The first-order valence-corrected chi connectivity index (χ1v) is 12.1. The summed E-state index contributed by atoms with van der Waals surface area (Å²) >= 11 is 6.07. The molecule has 0 aliphatic carbocycles. The lowest BCUT2D eigenvalue weighted by atomic mass is 9.98. The molecule has 0 radical (unpaired) electrons. The first kappa shape index (κ1) is 26.2. The zero-order valence-electron chi connectivity index (χ0n) is 20.8. The van der Waals surface area contributed by atoms with Crippen molar-refractivity contribution in [1.29, 1.82) is 0 Å². The number of halogens is 1. The van der Waals surface area contributed by atoms with Crippen LogP contribution in [0.3, 0.4) is 0 Å². The summed E-state index contributed by atoms with van der Waals surface area (Å²) in [5, 5.41) is 3.59. The molecule has 0 bridgehead atoms. The molecular formula is C28H32ClN3O3. The molecule has 2 aromatic carbocycles. The van der Waals surface area contributed by atoms with Gasteiger partial charge in [-0.3, -0.25) is 14.4 Å². The zero-order chi connectivity index (χ0) is 25.7. The van der Waals surface area contributed by atoms with E-state index in [1.807, 2.05) is 70.2 Å². The highest BCUT2D eigenvalue weighted by molar-refractivity contribution is 6.30. The molecule has 0 fully saturated rings. The Hall–Kier alpha value is -3.38. The molecule has 0 unspecified atom stereocenters. The molecule has 0 saturated carbocycles. The second-order valence-electron chi connectivity index (χ2n) is 9.40. The molecule has 2 amide bonds. The number of carbonyl (C=O) groups is 2. The summed E-state index contributed by atoms with van der Waals surface area (Å²) in [6.07, 6.45) is 3.06. The number of aromatic nitrogens is 1. The van der Waals surface area contributed by atoms with Crippen LogP contribution in [0.5, 0.6) is 0 Å². The molecule has 1 aromatic heterocycles. The van der Waals surface area contributed by atoms with Gasteiger partial charge in [0.2, 0.25) is 5.43 Å². The summed E-state index contributed by atoms with van der Waals surface area (Å²) in [5.74, 6) is -0.701. The maximum Gasteiger partial charge on any atom is 0.259 e. The lowest BCUT2D eigenvalue weighted by molar-refractivity contribution is 0.0777. The van der Waals surface area contributed by atoms with Gasteiger partial charge in [0.05, 0.1) is 6.04 Å². The van der Waals surface area contributed by atoms with E-state index in [1.165, 1.54) is 17.3 Å². The molecule has 3 aromatic rings. The van der Waals surface area contributed by atoms with E-state index in [2.05, 4.69) is 5.32 Å². The van der Waals surface area contributed by atoms with E-state index in [-0.39, 0.29) is 23.1 Å². The van der Waals surface area contributed by atoms with Crippen LogP contribution in [0.4, 0.5) is 0 Å². The van der Waals surface area contributed by atoms with E-state index in [9.17, 15) is 14.4 Å². The van der Waals surface area contributed by atoms with Crippen molar-refractivity contribution < 1.29 is 9.59 Å². The summed E-state index contributed by atoms with van der Waals surface area (Å²) in [6.45, 7) is 8.36. The number of carbonyl (C=O) groups excluding carboxylic acids is 2. The minimum atomic E-state index is -0.581. The highest BCUT2D eigenvalue weighted by Crippen LogP contribution is 2.24. The Morgan fingerprint density at radius 1 is 0.914 bits per heavy atom. The van der Waals surface area contributed by atoms with Crippen LogP contribution in [0.2, 0.25) is 5.02 Å². The fourth-order valence-electron chi connectivity index (χ4n) is 3.91. The van der Waals surface area contributed by atoms with Crippen LogP contribution >= 0.6 is 11.6 Å². The van der Waals surface area contributed by atoms with E-state index in [1.54, 1.807) is 23.7 Å². The smallest absolute Gasteiger partial charge is 0.259 e. The van der Waals surface area contributed by atoms with E-state index < -0.39 is 23.3 Å². The average Bonchev–Trinajstić information content (AvgIpc) is 2.82. The molecule has 0 aliphatic rings. The maximum atomic E-state index is 13.5. The molecule has 3 rings (SSSR count). The Morgan fingerprint density at radius 3 is 2.06 bits per heavy atom. The SMILES string of the molecule is CC(C)CN(C)C(=O)c1cn(C(C)C)cc(C(=O)N[C@H](c2ccccc2)c2ccc(Cl)cc2)c1=O. The molecule has 0 aliphatic heterocycles. The summed E-state index contributed by atoms with van der Waals surface area (Å²) < 4.78 is 1.73. The van der Waals surface area contributed by atoms with Crippen molar-refractivity contribution in [2.75, 3.05) is 13.6 Å². The number of nitrogens with zero attached hydrogens (tertiary/aromatic N) is 2. The Kier molecular flexibility index (Phi) is 8.52. The molecule has 184 valence electrons. The molecule has 0 spiro atoms. The van der Waals surface area contributed by atoms with Crippen molar-refractivity contribution in [3.63, 3.8) is 0 Å². The summed E-state index contributed by atoms with van der Waals surface area (Å²) in [5.41, 5.74) is 1.01. The van der Waals surface area contributed by atoms with Crippen LogP contribution in [-0.4, -0.2) is 34.9 Å². The largest absolute Gasteiger partial charge is 0.350 e. The molecule has 35 heavy (non-hydrogen) atoms. The monoisotopic (exact) mass is 493 g/mol. The zero-order valence-corrected chi connectivity index (χ0v) is 21.5. The number of rotatable bonds is 8. The Labute approximate surface area is 211 Å². The Bertz CT molecular complexity index is 1230. The Morgan fingerprint density at radius 2 is 1.49 bits per heavy atom. The van der Waals surface area contributed by atoms with E-state index in [0.717, 1.165) is 11.1 Å². The molecule has 1 heterocycles. The van der Waals surface area contributed by atoms with Crippen molar-refractivity contribution >= 4 is 23.4 Å². The number of amides is 2. The molecule has 0 saturated heterocycles. The number of benzene rings is 2. The Balaban J connectivity index is 2.04. The topological polar surface area (TPSA) is 71.4 Å². The second kappa shape index (κ2) is 11.4. The van der Waals surface area contributed by atoms with Gasteiger partial charge in [0.1, 0.15) is 11.1 Å². The predicted molar refractivity (Wildman–Crippen MR) is 140 cm³/mol. The highest BCUT2D eigenvalue weighted by Gasteiger charge is 2.25. The van der Waals surface area contributed by atoms with Crippen LogP contribution in [0.25, 0.3) is 0 Å². The third-order valence-corrected chi connectivity index (χ3v) is 5.97. The molecule has 7 heteroatoms. The quantitative estimate of drug-likeness (QED) is 0.461. The number of nitrogens with one attached hydrogen (secondary N) is 1. The van der Waals surface area contributed by atoms with Gasteiger partial charge >= 0.3 is 0 Å². The van der Waals surface area contributed by atoms with Crippen molar-refractivity contribution in [2.24, 2.45) is 5.92 Å². The summed E-state index contributed by atoms with van der Waals surface area (Å²) in [7, 11) is 1.67. The molecule has 1 atom stereocenters. The van der Waals surface area contributed by atoms with Crippen LogP contribution in [0, 0.1) is 5.92 Å². The van der Waals surface area contributed by atoms with Gasteiger partial charge < -0.3 is 14.8 Å². The van der Waals surface area contributed by atoms with E-state index >= 15 is 0 Å². The second-order valence-corrected chi connectivity index (χ2v) is 9.84. The number of pyridine rings is 1. The predicted octanol–water partition coefficient (Wildman–Crippen LogP) is 5.33. The fourth-order valence-corrected chi connectivity index (χ4v) is 4.04. The van der Waals surface area contributed by atoms with Gasteiger partial charge in [-0.05, 0) is 43.0 Å². The molecule has 6 nitrogen and oxygen atoms in total. The van der Waals surface area contributed by atoms with Gasteiger partial charge in [-0.2, -0.15) is 0 Å². The van der Waals surface area contributed by atoms with Crippen LogP contribution in [0.15, 0.2) is 71.8 Å². The lowest BCUT2D eigenvalue weighted by Crippen LogP contribution is -2.38. The molecule has 1 N–H and O–H groups in total. The van der Waals surface area contributed by atoms with Gasteiger partial charge in [0, 0.05) is 37.1 Å². The van der Waals surface area contributed by atoms with Gasteiger partial charge in [0.25, 0.3) is 11.8 Å². The average molecular weight is 494 g/mol. The van der Waals surface area contributed by atoms with Crippen LogP contribution in [-0.2, 0) is 0 Å². The van der Waals surface area contributed by atoms with Gasteiger partial charge in [-0.25, -0.2) is 0 Å². The van der Waals surface area contributed by atoms with E-state index in [0.29, 0.717) is 11.6 Å². The number of hydrogen-bond acceptors (Lipinski definition) is 3. The van der Waals surface area contributed by atoms with Crippen LogP contribution < -0.4 is 10.7 Å². The third-order valence-electron chi connectivity index (χ3n) is 5.71. The van der Waals surface area contributed by atoms with Crippen molar-refractivity contribution in [2.45, 2.75) is 39.8 Å². The fraction of sp³-hybridized carbons (Fsp3) is 0.321. The summed E-state index contributed by atoms with van der Waals surface area (Å²) in [6, 6.07) is 16.1. The van der Waals surface area contributed by atoms with Gasteiger partial charge in [0.15, 0.2) is 0 Å². The number of hydrogen-bond donors (Lipinski definition) is 1. The third kappa shape index (κ3) is 6.40. The highest BCUT2D eigenvalue weighted by atomic mass is 35.5. The van der Waals surface area contributed by atoms with E-state index in [4.69, 9.17) is 11.6 Å². The van der Waals surface area contributed by atoms with Crippen LogP contribution in [0.1, 0.15) is 71.6 Å². The normalized spacial score (nSPS) is 12.0. The minimum absolute atomic E-state index is 0.0164. The summed E-state index contributed by atoms with van der Waals surface area (Å²) in [4.78, 5) is 41.5.